The Morgan fingerprint density at radius 1 is 1.29 bits per heavy atom. The van der Waals surface area contributed by atoms with E-state index in [1.54, 1.807) is 12.1 Å². The number of hydrogen-bond donors (Lipinski definition) is 1. The molecule has 0 aliphatic rings. The van der Waals surface area contributed by atoms with Gasteiger partial charge in [0.25, 0.3) is 0 Å². The number of carbonyl (C=O) groups is 1. The van der Waals surface area contributed by atoms with Crippen LogP contribution in [0.3, 0.4) is 0 Å². The van der Waals surface area contributed by atoms with Crippen LogP contribution >= 0.6 is 11.6 Å². The zero-order valence-electron chi connectivity index (χ0n) is 11.7. The van der Waals surface area contributed by atoms with E-state index in [0.29, 0.717) is 10.7 Å². The molecular weight excluding hydrogens is 293 g/mol. The van der Waals surface area contributed by atoms with Gasteiger partial charge in [0.05, 0.1) is 12.7 Å². The summed E-state index contributed by atoms with van der Waals surface area (Å²) in [7, 11) is 1.22. The molecule has 2 aromatic carbocycles. The summed E-state index contributed by atoms with van der Waals surface area (Å²) >= 11 is 6.14. The maximum atomic E-state index is 13.6. The lowest BCUT2D eigenvalue weighted by Crippen LogP contribution is -2.09. The van der Waals surface area contributed by atoms with E-state index < -0.39 is 11.8 Å². The molecule has 0 aliphatic carbocycles. The van der Waals surface area contributed by atoms with Gasteiger partial charge in [-0.3, -0.25) is 0 Å². The zero-order valence-corrected chi connectivity index (χ0v) is 12.4. The Balaban J connectivity index is 2.24. The predicted octanol–water partition coefficient (Wildman–Crippen LogP) is 4.44. The summed E-state index contributed by atoms with van der Waals surface area (Å²) in [5, 5.41) is 3.83. The van der Waals surface area contributed by atoms with E-state index in [1.165, 1.54) is 19.2 Å². The fourth-order valence-corrected chi connectivity index (χ4v) is 2.33. The number of benzene rings is 2. The standard InChI is InChI=1S/C16H15ClFNO2/c1-10(12-5-3-4-6-14(12)17)19-11-7-8-15(18)13(9-11)16(20)21-2/h3-10,19H,1-2H3. The number of ether oxygens (including phenoxy) is 1. The second-order valence-corrected chi connectivity index (χ2v) is 4.98. The summed E-state index contributed by atoms with van der Waals surface area (Å²) in [6, 6.07) is 11.6. The fraction of sp³-hybridized carbons (Fsp3) is 0.188. The average molecular weight is 308 g/mol. The van der Waals surface area contributed by atoms with Crippen LogP contribution in [0.15, 0.2) is 42.5 Å². The molecule has 0 saturated heterocycles. The van der Waals surface area contributed by atoms with Gasteiger partial charge < -0.3 is 10.1 Å². The van der Waals surface area contributed by atoms with Crippen LogP contribution in [0.2, 0.25) is 5.02 Å². The molecule has 0 saturated carbocycles. The minimum absolute atomic E-state index is 0.0883. The highest BCUT2D eigenvalue weighted by Gasteiger charge is 2.14. The second kappa shape index (κ2) is 6.59. The van der Waals surface area contributed by atoms with Crippen molar-refractivity contribution in [2.24, 2.45) is 0 Å². The Morgan fingerprint density at radius 2 is 2.00 bits per heavy atom. The third-order valence-electron chi connectivity index (χ3n) is 3.13. The SMILES string of the molecule is COC(=O)c1cc(NC(C)c2ccccc2Cl)ccc1F. The molecular formula is C16H15ClFNO2. The van der Waals surface area contributed by atoms with Crippen molar-refractivity contribution >= 4 is 23.3 Å². The first kappa shape index (κ1) is 15.3. The van der Waals surface area contributed by atoms with Crippen molar-refractivity contribution in [3.05, 3.63) is 64.4 Å². The average Bonchev–Trinajstić information content (AvgIpc) is 2.48. The maximum absolute atomic E-state index is 13.6. The normalized spacial score (nSPS) is 11.8. The molecule has 3 nitrogen and oxygen atoms in total. The molecule has 0 bridgehead atoms. The van der Waals surface area contributed by atoms with Crippen molar-refractivity contribution in [1.82, 2.24) is 0 Å². The van der Waals surface area contributed by atoms with Crippen LogP contribution in [0.5, 0.6) is 0 Å². The van der Waals surface area contributed by atoms with Crippen molar-refractivity contribution < 1.29 is 13.9 Å². The largest absolute Gasteiger partial charge is 0.465 e. The van der Waals surface area contributed by atoms with E-state index in [9.17, 15) is 9.18 Å². The molecule has 5 heteroatoms. The van der Waals surface area contributed by atoms with Crippen molar-refractivity contribution in [2.75, 3.05) is 12.4 Å². The topological polar surface area (TPSA) is 38.3 Å². The number of nitrogens with one attached hydrogen (secondary N) is 1. The molecule has 1 unspecified atom stereocenters. The molecule has 0 aliphatic heterocycles. The first-order valence-electron chi connectivity index (χ1n) is 6.41. The van der Waals surface area contributed by atoms with Crippen LogP contribution in [0, 0.1) is 5.82 Å². The van der Waals surface area contributed by atoms with Crippen LogP contribution in [0.25, 0.3) is 0 Å². The molecule has 21 heavy (non-hydrogen) atoms. The van der Waals surface area contributed by atoms with Gasteiger partial charge in [0.2, 0.25) is 0 Å². The molecule has 0 radical (unpaired) electrons. The molecule has 0 amide bonds. The van der Waals surface area contributed by atoms with E-state index in [0.717, 1.165) is 5.56 Å². The number of hydrogen-bond acceptors (Lipinski definition) is 3. The summed E-state index contributed by atoms with van der Waals surface area (Å²) in [5.74, 6) is -1.32. The van der Waals surface area contributed by atoms with Gasteiger partial charge in [-0.25, -0.2) is 9.18 Å². The third-order valence-corrected chi connectivity index (χ3v) is 3.47. The molecule has 0 aromatic heterocycles. The Bertz CT molecular complexity index is 660. The monoisotopic (exact) mass is 307 g/mol. The van der Waals surface area contributed by atoms with Gasteiger partial charge in [-0.2, -0.15) is 0 Å². The highest BCUT2D eigenvalue weighted by Crippen LogP contribution is 2.26. The summed E-state index contributed by atoms with van der Waals surface area (Å²) < 4.78 is 18.1. The number of anilines is 1. The Hall–Kier alpha value is -2.07. The highest BCUT2D eigenvalue weighted by molar-refractivity contribution is 6.31. The minimum Gasteiger partial charge on any atom is -0.465 e. The molecule has 0 fully saturated rings. The van der Waals surface area contributed by atoms with Gasteiger partial charge in [-0.15, -0.1) is 0 Å². The van der Waals surface area contributed by atoms with Gasteiger partial charge in [-0.05, 0) is 36.8 Å². The lowest BCUT2D eigenvalue weighted by Gasteiger charge is -2.17. The fourth-order valence-electron chi connectivity index (χ4n) is 2.04. The van der Waals surface area contributed by atoms with Crippen LogP contribution in [0.4, 0.5) is 10.1 Å². The van der Waals surface area contributed by atoms with Crippen LogP contribution in [0.1, 0.15) is 28.9 Å². The lowest BCUT2D eigenvalue weighted by molar-refractivity contribution is 0.0595. The number of carbonyl (C=O) groups excluding carboxylic acids is 1. The number of methoxy groups -OCH3 is 1. The van der Waals surface area contributed by atoms with Gasteiger partial charge in [-0.1, -0.05) is 29.8 Å². The van der Waals surface area contributed by atoms with E-state index in [4.69, 9.17) is 11.6 Å². The summed E-state index contributed by atoms with van der Waals surface area (Å²) in [5.41, 5.74) is 1.43. The van der Waals surface area contributed by atoms with E-state index in [1.807, 2.05) is 25.1 Å². The second-order valence-electron chi connectivity index (χ2n) is 4.57. The Kier molecular flexibility index (Phi) is 4.81. The zero-order chi connectivity index (χ0) is 15.4. The molecule has 110 valence electrons. The summed E-state index contributed by atoms with van der Waals surface area (Å²) in [6.07, 6.45) is 0. The first-order valence-corrected chi connectivity index (χ1v) is 6.79. The van der Waals surface area contributed by atoms with Gasteiger partial charge in [0.1, 0.15) is 5.82 Å². The van der Waals surface area contributed by atoms with E-state index in [2.05, 4.69) is 10.1 Å². The highest BCUT2D eigenvalue weighted by atomic mass is 35.5. The Morgan fingerprint density at radius 3 is 2.67 bits per heavy atom. The van der Waals surface area contributed by atoms with Gasteiger partial charge >= 0.3 is 5.97 Å². The van der Waals surface area contributed by atoms with Gasteiger partial charge in [0.15, 0.2) is 0 Å². The molecule has 1 N–H and O–H groups in total. The van der Waals surface area contributed by atoms with Crippen LogP contribution in [-0.2, 0) is 4.74 Å². The summed E-state index contributed by atoms with van der Waals surface area (Å²) in [4.78, 5) is 11.5. The smallest absolute Gasteiger partial charge is 0.340 e. The molecule has 0 heterocycles. The number of esters is 1. The molecule has 0 spiro atoms. The quantitative estimate of drug-likeness (QED) is 0.849. The molecule has 2 aromatic rings. The van der Waals surface area contributed by atoms with Crippen LogP contribution in [-0.4, -0.2) is 13.1 Å². The molecule has 2 rings (SSSR count). The lowest BCUT2D eigenvalue weighted by atomic mass is 10.1. The van der Waals surface area contributed by atoms with Crippen molar-refractivity contribution in [3.63, 3.8) is 0 Å². The van der Waals surface area contributed by atoms with Crippen molar-refractivity contribution in [3.8, 4) is 0 Å². The van der Waals surface area contributed by atoms with Crippen molar-refractivity contribution in [2.45, 2.75) is 13.0 Å². The third kappa shape index (κ3) is 3.52. The maximum Gasteiger partial charge on any atom is 0.340 e. The first-order chi connectivity index (χ1) is 10.0. The van der Waals surface area contributed by atoms with Gasteiger partial charge in [0, 0.05) is 16.8 Å². The minimum atomic E-state index is -0.707. The number of halogens is 2. The van der Waals surface area contributed by atoms with E-state index >= 15 is 0 Å². The summed E-state index contributed by atoms with van der Waals surface area (Å²) in [6.45, 7) is 1.93. The van der Waals surface area contributed by atoms with Crippen molar-refractivity contribution in [1.29, 1.82) is 0 Å². The van der Waals surface area contributed by atoms with E-state index in [-0.39, 0.29) is 11.6 Å². The Labute approximate surface area is 127 Å². The number of rotatable bonds is 4. The predicted molar refractivity (Wildman–Crippen MR) is 81.2 cm³/mol. The van der Waals surface area contributed by atoms with Crippen LogP contribution < -0.4 is 5.32 Å². The molecule has 1 atom stereocenters.